The van der Waals surface area contributed by atoms with Crippen molar-refractivity contribution in [2.45, 2.75) is 19.9 Å². The second-order valence-electron chi connectivity index (χ2n) is 3.30. The minimum atomic E-state index is -1.77. The summed E-state index contributed by atoms with van der Waals surface area (Å²) in [6.45, 7) is 3.44. The summed E-state index contributed by atoms with van der Waals surface area (Å²) in [6.07, 6.45) is 0. The van der Waals surface area contributed by atoms with Gasteiger partial charge in [0.2, 0.25) is 11.6 Å². The Balaban J connectivity index is 3.19. The lowest BCUT2D eigenvalue weighted by Gasteiger charge is -2.06. The van der Waals surface area contributed by atoms with Crippen LogP contribution >= 0.6 is 0 Å². The molecule has 78 valence electrons. The molecule has 0 heterocycles. The van der Waals surface area contributed by atoms with Crippen LogP contribution in [0.5, 0.6) is 0 Å². The molecule has 1 nitrogen and oxygen atoms in total. The minimum Gasteiger partial charge on any atom is -0.309 e. The smallest absolute Gasteiger partial charge is 0.222 e. The van der Waals surface area contributed by atoms with Gasteiger partial charge in [0, 0.05) is 6.07 Å². The van der Waals surface area contributed by atoms with Crippen molar-refractivity contribution in [2.75, 3.05) is 0 Å². The van der Waals surface area contributed by atoms with E-state index in [1.165, 1.54) is 5.32 Å². The van der Waals surface area contributed by atoms with Gasteiger partial charge in [0.05, 0.1) is 6.04 Å². The Morgan fingerprint density at radius 1 is 1.00 bits per heavy atom. The highest BCUT2D eigenvalue weighted by Crippen LogP contribution is 2.19. The van der Waals surface area contributed by atoms with Gasteiger partial charge >= 0.3 is 0 Å². The fourth-order valence-electron chi connectivity index (χ4n) is 1.07. The van der Waals surface area contributed by atoms with E-state index in [0.717, 1.165) is 0 Å². The summed E-state index contributed by atoms with van der Waals surface area (Å²) in [5.41, 5.74) is -0.253. The molecule has 0 bridgehead atoms. The van der Waals surface area contributed by atoms with E-state index in [9.17, 15) is 17.6 Å². The summed E-state index contributed by atoms with van der Waals surface area (Å²) >= 11 is 0. The molecule has 0 aliphatic carbocycles. The maximum Gasteiger partial charge on any atom is 0.222 e. The Morgan fingerprint density at radius 3 is 2.07 bits per heavy atom. The summed E-state index contributed by atoms with van der Waals surface area (Å²) in [5, 5.41) is 1.32. The SMILES string of the molecule is CC(C)[NH2+]c1cc(F)c(F)c(F)c1F. The first-order valence-corrected chi connectivity index (χ1v) is 4.11. The monoisotopic (exact) mass is 208 g/mol. The number of rotatable bonds is 2. The van der Waals surface area contributed by atoms with Gasteiger partial charge < -0.3 is 5.32 Å². The van der Waals surface area contributed by atoms with Crippen LogP contribution in [0.3, 0.4) is 0 Å². The second kappa shape index (κ2) is 3.96. The summed E-state index contributed by atoms with van der Waals surface area (Å²) in [6, 6.07) is 0.571. The van der Waals surface area contributed by atoms with Gasteiger partial charge in [-0.15, -0.1) is 0 Å². The summed E-state index contributed by atoms with van der Waals surface area (Å²) in [7, 11) is 0. The number of halogens is 4. The second-order valence-corrected chi connectivity index (χ2v) is 3.30. The molecular weight excluding hydrogens is 198 g/mol. The quantitative estimate of drug-likeness (QED) is 0.330. The van der Waals surface area contributed by atoms with Crippen molar-refractivity contribution < 1.29 is 22.9 Å². The molecular formula is C9H10F4N+. The zero-order chi connectivity index (χ0) is 10.9. The fraction of sp³-hybridized carbons (Fsp3) is 0.333. The van der Waals surface area contributed by atoms with Crippen LogP contribution in [0.15, 0.2) is 6.07 Å². The van der Waals surface area contributed by atoms with Crippen molar-refractivity contribution in [3.05, 3.63) is 29.3 Å². The molecule has 0 unspecified atom stereocenters. The largest absolute Gasteiger partial charge is 0.309 e. The maximum atomic E-state index is 13.0. The number of benzene rings is 1. The lowest BCUT2D eigenvalue weighted by atomic mass is 10.2. The molecule has 0 amide bonds. The van der Waals surface area contributed by atoms with Gasteiger partial charge in [-0.2, -0.15) is 4.39 Å². The third kappa shape index (κ3) is 2.04. The number of quaternary nitrogens is 1. The zero-order valence-corrected chi connectivity index (χ0v) is 7.74. The molecule has 0 spiro atoms. The molecule has 0 aliphatic heterocycles. The molecule has 0 saturated heterocycles. The first-order valence-electron chi connectivity index (χ1n) is 4.11. The molecule has 0 atom stereocenters. The van der Waals surface area contributed by atoms with Crippen molar-refractivity contribution in [1.82, 2.24) is 0 Å². The Bertz CT molecular complexity index is 349. The van der Waals surface area contributed by atoms with Gasteiger partial charge in [-0.25, -0.2) is 13.2 Å². The summed E-state index contributed by atoms with van der Waals surface area (Å²) in [4.78, 5) is 0. The Hall–Kier alpha value is -1.10. The van der Waals surface area contributed by atoms with E-state index >= 15 is 0 Å². The van der Waals surface area contributed by atoms with Crippen LogP contribution in [0.2, 0.25) is 0 Å². The summed E-state index contributed by atoms with van der Waals surface area (Å²) < 4.78 is 50.9. The first kappa shape index (κ1) is 11.0. The molecule has 14 heavy (non-hydrogen) atoms. The first-order chi connectivity index (χ1) is 6.43. The van der Waals surface area contributed by atoms with Crippen LogP contribution in [-0.4, -0.2) is 6.04 Å². The van der Waals surface area contributed by atoms with E-state index in [2.05, 4.69) is 0 Å². The minimum absolute atomic E-state index is 0.0752. The van der Waals surface area contributed by atoms with E-state index in [-0.39, 0.29) is 11.7 Å². The van der Waals surface area contributed by atoms with Crippen molar-refractivity contribution in [2.24, 2.45) is 0 Å². The highest BCUT2D eigenvalue weighted by Gasteiger charge is 2.21. The van der Waals surface area contributed by atoms with Gasteiger partial charge in [0.1, 0.15) is 0 Å². The molecule has 1 aromatic carbocycles. The van der Waals surface area contributed by atoms with E-state index in [1.54, 1.807) is 13.8 Å². The van der Waals surface area contributed by atoms with E-state index in [1.807, 2.05) is 0 Å². The third-order valence-electron chi connectivity index (χ3n) is 1.64. The number of nitrogens with two attached hydrogens (primary N) is 1. The van der Waals surface area contributed by atoms with Crippen LogP contribution in [0.1, 0.15) is 13.8 Å². The average molecular weight is 208 g/mol. The van der Waals surface area contributed by atoms with Gasteiger partial charge in [-0.05, 0) is 13.8 Å². The van der Waals surface area contributed by atoms with E-state index < -0.39 is 23.3 Å². The van der Waals surface area contributed by atoms with Crippen LogP contribution in [0.4, 0.5) is 23.2 Å². The highest BCUT2D eigenvalue weighted by molar-refractivity contribution is 5.32. The zero-order valence-electron chi connectivity index (χ0n) is 7.74. The van der Waals surface area contributed by atoms with Crippen molar-refractivity contribution in [3.8, 4) is 0 Å². The molecule has 2 N–H and O–H groups in total. The lowest BCUT2D eigenvalue weighted by Crippen LogP contribution is -2.83. The lowest BCUT2D eigenvalue weighted by molar-refractivity contribution is -0.605. The van der Waals surface area contributed by atoms with Crippen molar-refractivity contribution >= 4 is 5.69 Å². The molecule has 0 aromatic heterocycles. The molecule has 1 aromatic rings. The van der Waals surface area contributed by atoms with Gasteiger partial charge in [0.25, 0.3) is 0 Å². The predicted octanol–water partition coefficient (Wildman–Crippen LogP) is 1.85. The molecule has 0 radical (unpaired) electrons. The maximum absolute atomic E-state index is 13.0. The van der Waals surface area contributed by atoms with Gasteiger partial charge in [-0.1, -0.05) is 0 Å². The molecule has 0 fully saturated rings. The average Bonchev–Trinajstić information content (AvgIpc) is 2.10. The summed E-state index contributed by atoms with van der Waals surface area (Å²) in [5.74, 6) is -6.27. The third-order valence-corrected chi connectivity index (χ3v) is 1.64. The van der Waals surface area contributed by atoms with Crippen LogP contribution in [0, 0.1) is 23.3 Å². The molecule has 0 saturated carbocycles. The van der Waals surface area contributed by atoms with Crippen LogP contribution in [0.25, 0.3) is 0 Å². The van der Waals surface area contributed by atoms with Gasteiger partial charge in [-0.3, -0.25) is 0 Å². The molecule has 1 rings (SSSR count). The van der Waals surface area contributed by atoms with Gasteiger partial charge in [0.15, 0.2) is 17.3 Å². The molecule has 0 aliphatic rings. The topological polar surface area (TPSA) is 16.6 Å². The highest BCUT2D eigenvalue weighted by atomic mass is 19.2. The Kier molecular flexibility index (Phi) is 3.10. The number of hydrogen-bond acceptors (Lipinski definition) is 0. The van der Waals surface area contributed by atoms with Crippen LogP contribution in [-0.2, 0) is 0 Å². The fourth-order valence-corrected chi connectivity index (χ4v) is 1.07. The van der Waals surface area contributed by atoms with E-state index in [4.69, 9.17) is 0 Å². The number of hydrogen-bond donors (Lipinski definition) is 1. The van der Waals surface area contributed by atoms with E-state index in [0.29, 0.717) is 6.07 Å². The molecule has 5 heteroatoms. The Labute approximate surface area is 78.7 Å². The van der Waals surface area contributed by atoms with Crippen molar-refractivity contribution in [3.63, 3.8) is 0 Å². The Morgan fingerprint density at radius 2 is 1.57 bits per heavy atom. The standard InChI is InChI=1S/C9H9F4N/c1-4(2)14-6-3-5(10)7(11)9(13)8(6)12/h3-4,14H,1-2H3/p+1. The van der Waals surface area contributed by atoms with Crippen molar-refractivity contribution in [1.29, 1.82) is 0 Å². The predicted molar refractivity (Wildman–Crippen MR) is 43.0 cm³/mol. The normalized spacial score (nSPS) is 11.1. The van der Waals surface area contributed by atoms with Crippen LogP contribution < -0.4 is 5.32 Å².